The second-order valence-corrected chi connectivity index (χ2v) is 7.24. The lowest BCUT2D eigenvalue weighted by molar-refractivity contribution is -0.137. The van der Waals surface area contributed by atoms with Crippen molar-refractivity contribution in [2.75, 3.05) is 6.79 Å². The molecule has 0 radical (unpaired) electrons. The topological polar surface area (TPSA) is 96.3 Å². The molecule has 1 aliphatic rings. The summed E-state index contributed by atoms with van der Waals surface area (Å²) in [7, 11) is 0. The predicted molar refractivity (Wildman–Crippen MR) is 100 cm³/mol. The molecule has 5 rings (SSSR count). The zero-order chi connectivity index (χ0) is 21.4. The number of aromatic nitrogens is 4. The van der Waals surface area contributed by atoms with E-state index in [1.54, 1.807) is 18.2 Å². The first-order valence-corrected chi connectivity index (χ1v) is 9.81. The van der Waals surface area contributed by atoms with E-state index >= 15 is 0 Å². The van der Waals surface area contributed by atoms with Gasteiger partial charge in [-0.3, -0.25) is 0 Å². The molecule has 2 aromatic carbocycles. The quantitative estimate of drug-likeness (QED) is 0.398. The molecule has 0 fully saturated rings. The van der Waals surface area contributed by atoms with Crippen LogP contribution in [-0.4, -0.2) is 27.1 Å². The Hall–Kier alpha value is -3.54. The molecule has 12 heteroatoms. The molecular weight excluding hydrogens is 437 g/mol. The number of rotatable bonds is 5. The summed E-state index contributed by atoms with van der Waals surface area (Å²) in [5.41, 5.74) is 0.354. The minimum atomic E-state index is -4.40. The summed E-state index contributed by atoms with van der Waals surface area (Å²) < 4.78 is 59.4. The van der Waals surface area contributed by atoms with Crippen LogP contribution in [0, 0.1) is 0 Å². The van der Waals surface area contributed by atoms with E-state index in [0.29, 0.717) is 33.7 Å². The molecule has 0 saturated heterocycles. The highest BCUT2D eigenvalue weighted by molar-refractivity contribution is 7.98. The first-order chi connectivity index (χ1) is 15.0. The minimum absolute atomic E-state index is 0.169. The van der Waals surface area contributed by atoms with Crippen molar-refractivity contribution >= 4 is 11.8 Å². The van der Waals surface area contributed by atoms with E-state index in [0.717, 1.165) is 12.1 Å². The molecule has 0 spiro atoms. The van der Waals surface area contributed by atoms with Gasteiger partial charge in [0.25, 0.3) is 5.22 Å². The molecule has 0 bridgehead atoms. The second-order valence-electron chi connectivity index (χ2n) is 6.32. The van der Waals surface area contributed by atoms with E-state index in [4.69, 9.17) is 18.4 Å². The summed E-state index contributed by atoms with van der Waals surface area (Å²) in [4.78, 5) is 4.19. The van der Waals surface area contributed by atoms with Crippen LogP contribution in [0.1, 0.15) is 11.5 Å². The summed E-state index contributed by atoms with van der Waals surface area (Å²) in [6.07, 6.45) is -4.40. The van der Waals surface area contributed by atoms with Crippen LogP contribution < -0.4 is 9.47 Å². The number of thioether (sulfide) groups is 1. The highest BCUT2D eigenvalue weighted by atomic mass is 32.2. The Bertz CT molecular complexity index is 1220. The maximum Gasteiger partial charge on any atom is 0.416 e. The third-order valence-corrected chi connectivity index (χ3v) is 5.09. The van der Waals surface area contributed by atoms with Gasteiger partial charge in [0.15, 0.2) is 11.5 Å². The number of alkyl halides is 3. The molecule has 0 unspecified atom stereocenters. The van der Waals surface area contributed by atoms with Crippen molar-refractivity contribution in [3.63, 3.8) is 0 Å². The molecule has 0 saturated carbocycles. The van der Waals surface area contributed by atoms with Crippen LogP contribution in [-0.2, 0) is 11.9 Å². The summed E-state index contributed by atoms with van der Waals surface area (Å²) >= 11 is 1.19. The van der Waals surface area contributed by atoms with Crippen molar-refractivity contribution in [1.82, 2.24) is 20.3 Å². The molecule has 1 aliphatic heterocycles. The van der Waals surface area contributed by atoms with Crippen molar-refractivity contribution < 1.29 is 31.6 Å². The van der Waals surface area contributed by atoms with Gasteiger partial charge in [-0.25, -0.2) is 0 Å². The van der Waals surface area contributed by atoms with Gasteiger partial charge in [-0.1, -0.05) is 29.1 Å². The smallest absolute Gasteiger partial charge is 0.416 e. The summed E-state index contributed by atoms with van der Waals surface area (Å²) in [6.45, 7) is 0.169. The largest absolute Gasteiger partial charge is 0.454 e. The van der Waals surface area contributed by atoms with E-state index in [-0.39, 0.29) is 24.3 Å². The fraction of sp³-hybridized carbons (Fsp3) is 0.158. The molecule has 8 nitrogen and oxygen atoms in total. The van der Waals surface area contributed by atoms with Crippen molar-refractivity contribution in [3.8, 4) is 34.3 Å². The lowest BCUT2D eigenvalue weighted by Crippen LogP contribution is -2.04. The lowest BCUT2D eigenvalue weighted by atomic mass is 10.1. The summed E-state index contributed by atoms with van der Waals surface area (Å²) in [6, 6.07) is 9.81. The molecule has 158 valence electrons. The van der Waals surface area contributed by atoms with Crippen LogP contribution in [0.15, 0.2) is 56.6 Å². The Morgan fingerprint density at radius 2 is 1.71 bits per heavy atom. The molecule has 0 atom stereocenters. The lowest BCUT2D eigenvalue weighted by Gasteiger charge is -2.05. The molecular formula is C19H11F3N4O4S. The highest BCUT2D eigenvalue weighted by Crippen LogP contribution is 2.36. The van der Waals surface area contributed by atoms with Crippen LogP contribution in [0.4, 0.5) is 13.2 Å². The van der Waals surface area contributed by atoms with Gasteiger partial charge in [-0.05, 0) is 30.3 Å². The summed E-state index contributed by atoms with van der Waals surface area (Å²) in [5, 5.41) is 12.1. The van der Waals surface area contributed by atoms with Crippen LogP contribution >= 0.6 is 11.8 Å². The van der Waals surface area contributed by atoms with Crippen molar-refractivity contribution in [1.29, 1.82) is 0 Å². The Morgan fingerprint density at radius 3 is 2.52 bits per heavy atom. The first-order valence-electron chi connectivity index (χ1n) is 8.82. The minimum Gasteiger partial charge on any atom is -0.454 e. The van der Waals surface area contributed by atoms with Gasteiger partial charge in [0, 0.05) is 11.1 Å². The van der Waals surface area contributed by atoms with Crippen molar-refractivity contribution in [3.05, 3.63) is 53.9 Å². The molecule has 3 heterocycles. The molecule has 0 aliphatic carbocycles. The number of benzene rings is 2. The van der Waals surface area contributed by atoms with Gasteiger partial charge in [0.05, 0.1) is 11.3 Å². The number of hydrogen-bond donors (Lipinski definition) is 0. The predicted octanol–water partition coefficient (Wildman–Crippen LogP) is 4.83. The second kappa shape index (κ2) is 7.61. The average Bonchev–Trinajstić information content (AvgIpc) is 3.51. The number of fused-ring (bicyclic) bond motifs is 1. The van der Waals surface area contributed by atoms with Crippen LogP contribution in [0.25, 0.3) is 22.8 Å². The van der Waals surface area contributed by atoms with E-state index < -0.39 is 11.7 Å². The normalized spacial score (nSPS) is 13.0. The number of halogens is 3. The fourth-order valence-electron chi connectivity index (χ4n) is 2.78. The monoisotopic (exact) mass is 448 g/mol. The molecule has 4 aromatic rings. The standard InChI is InChI=1S/C19H11F3N4O4S/c20-19(21,22)12-4-1-10(2-5-12)16-23-15(30-26-16)8-31-18-25-24-17(29-18)11-3-6-13-14(7-11)28-9-27-13/h1-7H,8-9H2. The molecule has 31 heavy (non-hydrogen) atoms. The Kier molecular flexibility index (Phi) is 4.77. The number of ether oxygens (including phenoxy) is 2. The highest BCUT2D eigenvalue weighted by Gasteiger charge is 2.30. The van der Waals surface area contributed by atoms with Gasteiger partial charge in [0.2, 0.25) is 24.4 Å². The van der Waals surface area contributed by atoms with E-state index in [1.165, 1.54) is 23.9 Å². The molecule has 0 N–H and O–H groups in total. The average molecular weight is 448 g/mol. The molecule has 2 aromatic heterocycles. The Morgan fingerprint density at radius 1 is 0.935 bits per heavy atom. The third-order valence-electron chi connectivity index (χ3n) is 4.28. The number of hydrogen-bond acceptors (Lipinski definition) is 9. The van der Waals surface area contributed by atoms with Gasteiger partial charge in [-0.2, -0.15) is 18.2 Å². The maximum absolute atomic E-state index is 12.7. The fourth-order valence-corrected chi connectivity index (χ4v) is 3.38. The van der Waals surface area contributed by atoms with E-state index in [9.17, 15) is 13.2 Å². The Labute approximate surface area is 176 Å². The van der Waals surface area contributed by atoms with E-state index in [1.807, 2.05) is 0 Å². The summed E-state index contributed by atoms with van der Waals surface area (Å²) in [5.74, 6) is 2.27. The SMILES string of the molecule is FC(F)(F)c1ccc(-c2noc(CSc3nnc(-c4ccc5c(c4)OCO5)o3)n2)cc1. The van der Waals surface area contributed by atoms with Gasteiger partial charge in [-0.15, -0.1) is 10.2 Å². The van der Waals surface area contributed by atoms with Crippen molar-refractivity contribution in [2.45, 2.75) is 17.2 Å². The van der Waals surface area contributed by atoms with Gasteiger partial charge in [0.1, 0.15) is 0 Å². The van der Waals surface area contributed by atoms with E-state index in [2.05, 4.69) is 20.3 Å². The first kappa shape index (κ1) is 19.4. The maximum atomic E-state index is 12.7. The molecule has 0 amide bonds. The van der Waals surface area contributed by atoms with Gasteiger partial charge < -0.3 is 18.4 Å². The van der Waals surface area contributed by atoms with Crippen molar-refractivity contribution in [2.24, 2.45) is 0 Å². The van der Waals surface area contributed by atoms with Crippen LogP contribution in [0.2, 0.25) is 0 Å². The van der Waals surface area contributed by atoms with Crippen LogP contribution in [0.5, 0.6) is 11.5 Å². The van der Waals surface area contributed by atoms with Crippen LogP contribution in [0.3, 0.4) is 0 Å². The Balaban J connectivity index is 1.24. The zero-order valence-corrected chi connectivity index (χ0v) is 16.2. The third kappa shape index (κ3) is 4.06. The zero-order valence-electron chi connectivity index (χ0n) is 15.4. The van der Waals surface area contributed by atoms with Gasteiger partial charge >= 0.3 is 6.18 Å². The number of nitrogens with zero attached hydrogens (tertiary/aromatic N) is 4.